The molecule has 4 nitrogen and oxygen atoms in total. The number of likely N-dealkylation sites (tertiary alicyclic amines) is 1. The van der Waals surface area contributed by atoms with Gasteiger partial charge in [-0.3, -0.25) is 0 Å². The van der Waals surface area contributed by atoms with Crippen LogP contribution in [0, 0.1) is 0 Å². The summed E-state index contributed by atoms with van der Waals surface area (Å²) in [4.78, 5) is 10.7. The highest BCUT2D eigenvalue weighted by molar-refractivity contribution is 7.15. The molecular weight excluding hydrogens is 256 g/mol. The normalized spacial score (nSPS) is 16.1. The molecular formula is C14H26N4S. The van der Waals surface area contributed by atoms with Crippen molar-refractivity contribution in [1.82, 2.24) is 15.2 Å². The lowest BCUT2D eigenvalue weighted by atomic mass is 10.4. The monoisotopic (exact) mass is 282 g/mol. The van der Waals surface area contributed by atoms with E-state index in [4.69, 9.17) is 0 Å². The SMILES string of the molecule is CCCNCc1cnc(N(C)CCN2CCCC2)s1. The van der Waals surface area contributed by atoms with Gasteiger partial charge in [-0.15, -0.1) is 11.3 Å². The fraction of sp³-hybridized carbons (Fsp3) is 0.786. The maximum absolute atomic E-state index is 4.53. The van der Waals surface area contributed by atoms with Crippen molar-refractivity contribution in [3.63, 3.8) is 0 Å². The van der Waals surface area contributed by atoms with Crippen LogP contribution in [0.1, 0.15) is 31.1 Å². The van der Waals surface area contributed by atoms with Crippen LogP contribution in [0.5, 0.6) is 0 Å². The van der Waals surface area contributed by atoms with Crippen LogP contribution in [-0.2, 0) is 6.54 Å². The van der Waals surface area contributed by atoms with Gasteiger partial charge in [0.05, 0.1) is 0 Å². The van der Waals surface area contributed by atoms with E-state index in [1.54, 1.807) is 0 Å². The van der Waals surface area contributed by atoms with Crippen molar-refractivity contribution in [3.8, 4) is 0 Å². The summed E-state index contributed by atoms with van der Waals surface area (Å²) >= 11 is 1.81. The Morgan fingerprint density at radius 3 is 2.95 bits per heavy atom. The number of hydrogen-bond donors (Lipinski definition) is 1. The van der Waals surface area contributed by atoms with Crippen molar-refractivity contribution in [3.05, 3.63) is 11.1 Å². The van der Waals surface area contributed by atoms with Crippen LogP contribution >= 0.6 is 11.3 Å². The Morgan fingerprint density at radius 1 is 1.42 bits per heavy atom. The highest BCUT2D eigenvalue weighted by atomic mass is 32.1. The molecule has 0 spiro atoms. The number of nitrogens with one attached hydrogen (secondary N) is 1. The zero-order chi connectivity index (χ0) is 13.5. The quantitative estimate of drug-likeness (QED) is 0.741. The highest BCUT2D eigenvalue weighted by Crippen LogP contribution is 2.21. The molecule has 1 fully saturated rings. The molecule has 0 saturated carbocycles. The van der Waals surface area contributed by atoms with E-state index < -0.39 is 0 Å². The minimum Gasteiger partial charge on any atom is -0.350 e. The third-order valence-corrected chi connectivity index (χ3v) is 4.66. The summed E-state index contributed by atoms with van der Waals surface area (Å²) in [6.07, 6.45) is 5.93. The van der Waals surface area contributed by atoms with Gasteiger partial charge in [-0.1, -0.05) is 6.92 Å². The minimum atomic E-state index is 0.950. The predicted molar refractivity (Wildman–Crippen MR) is 83.1 cm³/mol. The fourth-order valence-corrected chi connectivity index (χ4v) is 3.20. The number of rotatable bonds is 8. The molecule has 0 aliphatic carbocycles. The van der Waals surface area contributed by atoms with Crippen LogP contribution in [0.3, 0.4) is 0 Å². The van der Waals surface area contributed by atoms with Crippen LogP contribution in [0.15, 0.2) is 6.20 Å². The van der Waals surface area contributed by atoms with E-state index >= 15 is 0 Å². The molecule has 1 aromatic heterocycles. The smallest absolute Gasteiger partial charge is 0.185 e. The predicted octanol–water partition coefficient (Wildman–Crippen LogP) is 2.17. The molecule has 0 radical (unpaired) electrons. The standard InChI is InChI=1S/C14H26N4S/c1-3-6-15-11-13-12-16-14(19-13)17(2)9-10-18-7-4-5-8-18/h12,15H,3-11H2,1-2H3. The van der Waals surface area contributed by atoms with Crippen molar-refractivity contribution in [2.75, 3.05) is 44.7 Å². The zero-order valence-corrected chi connectivity index (χ0v) is 13.0. The van der Waals surface area contributed by atoms with Gasteiger partial charge in [-0.25, -0.2) is 4.98 Å². The maximum atomic E-state index is 4.53. The lowest BCUT2D eigenvalue weighted by Gasteiger charge is -2.20. The first-order chi connectivity index (χ1) is 9.29. The van der Waals surface area contributed by atoms with E-state index in [1.807, 2.05) is 17.5 Å². The molecule has 1 aliphatic rings. The number of thiazole rings is 1. The largest absolute Gasteiger partial charge is 0.350 e. The number of likely N-dealkylation sites (N-methyl/N-ethyl adjacent to an activating group) is 1. The molecule has 0 atom stereocenters. The van der Waals surface area contributed by atoms with Crippen molar-refractivity contribution in [1.29, 1.82) is 0 Å². The Labute approximate surface area is 120 Å². The molecule has 5 heteroatoms. The van der Waals surface area contributed by atoms with E-state index in [1.165, 1.54) is 43.8 Å². The Kier molecular flexibility index (Phi) is 6.07. The van der Waals surface area contributed by atoms with E-state index in [0.29, 0.717) is 0 Å². The van der Waals surface area contributed by atoms with Crippen molar-refractivity contribution in [2.45, 2.75) is 32.7 Å². The van der Waals surface area contributed by atoms with E-state index in [0.717, 1.165) is 24.8 Å². The van der Waals surface area contributed by atoms with Crippen molar-refractivity contribution >= 4 is 16.5 Å². The molecule has 2 rings (SSSR count). The zero-order valence-electron chi connectivity index (χ0n) is 12.2. The van der Waals surface area contributed by atoms with Crippen LogP contribution in [0.4, 0.5) is 5.13 Å². The number of hydrogen-bond acceptors (Lipinski definition) is 5. The molecule has 1 saturated heterocycles. The minimum absolute atomic E-state index is 0.950. The van der Waals surface area contributed by atoms with Crippen LogP contribution in [0.2, 0.25) is 0 Å². The highest BCUT2D eigenvalue weighted by Gasteiger charge is 2.13. The van der Waals surface area contributed by atoms with Crippen LogP contribution in [-0.4, -0.2) is 49.7 Å². The van der Waals surface area contributed by atoms with Gasteiger partial charge in [-0.05, 0) is 38.9 Å². The lowest BCUT2D eigenvalue weighted by molar-refractivity contribution is 0.346. The molecule has 0 bridgehead atoms. The molecule has 2 heterocycles. The summed E-state index contributed by atoms with van der Waals surface area (Å²) in [6, 6.07) is 0. The average Bonchev–Trinajstić information content (AvgIpc) is 3.07. The molecule has 1 aromatic rings. The van der Waals surface area contributed by atoms with E-state index in [2.05, 4.69) is 34.1 Å². The lowest BCUT2D eigenvalue weighted by Crippen LogP contribution is -2.31. The van der Waals surface area contributed by atoms with Crippen molar-refractivity contribution < 1.29 is 0 Å². The maximum Gasteiger partial charge on any atom is 0.185 e. The molecule has 108 valence electrons. The Bertz CT molecular complexity index is 360. The first kappa shape index (κ1) is 14.8. The van der Waals surface area contributed by atoms with Gasteiger partial charge < -0.3 is 15.1 Å². The Hall–Kier alpha value is -0.650. The third-order valence-electron chi connectivity index (χ3n) is 3.54. The molecule has 1 N–H and O–H groups in total. The van der Waals surface area contributed by atoms with Gasteiger partial charge in [-0.2, -0.15) is 0 Å². The second kappa shape index (κ2) is 7.82. The number of anilines is 1. The molecule has 1 aliphatic heterocycles. The van der Waals surface area contributed by atoms with E-state index in [-0.39, 0.29) is 0 Å². The first-order valence-electron chi connectivity index (χ1n) is 7.38. The summed E-state index contributed by atoms with van der Waals surface area (Å²) in [5, 5.41) is 4.57. The average molecular weight is 282 g/mol. The van der Waals surface area contributed by atoms with Gasteiger partial charge in [0, 0.05) is 37.8 Å². The molecule has 0 unspecified atom stereocenters. The van der Waals surface area contributed by atoms with E-state index in [9.17, 15) is 0 Å². The van der Waals surface area contributed by atoms with Crippen LogP contribution < -0.4 is 10.2 Å². The molecule has 0 amide bonds. The summed E-state index contributed by atoms with van der Waals surface area (Å²) < 4.78 is 0. The second-order valence-corrected chi connectivity index (χ2v) is 6.35. The molecule has 0 aromatic carbocycles. The number of aromatic nitrogens is 1. The van der Waals surface area contributed by atoms with Crippen molar-refractivity contribution in [2.24, 2.45) is 0 Å². The summed E-state index contributed by atoms with van der Waals surface area (Å²) in [7, 11) is 2.15. The van der Waals surface area contributed by atoms with Crippen LogP contribution in [0.25, 0.3) is 0 Å². The van der Waals surface area contributed by atoms with Gasteiger partial charge in [0.1, 0.15) is 0 Å². The second-order valence-electron chi connectivity index (χ2n) is 5.26. The number of nitrogens with zero attached hydrogens (tertiary/aromatic N) is 3. The van der Waals surface area contributed by atoms with Gasteiger partial charge in [0.25, 0.3) is 0 Å². The first-order valence-corrected chi connectivity index (χ1v) is 8.20. The topological polar surface area (TPSA) is 31.4 Å². The summed E-state index contributed by atoms with van der Waals surface area (Å²) in [5.74, 6) is 0. The summed E-state index contributed by atoms with van der Waals surface area (Å²) in [5.41, 5.74) is 0. The fourth-order valence-electron chi connectivity index (χ4n) is 2.34. The van der Waals surface area contributed by atoms with Gasteiger partial charge in [0.2, 0.25) is 0 Å². The third kappa shape index (κ3) is 4.75. The summed E-state index contributed by atoms with van der Waals surface area (Å²) in [6.45, 7) is 9.02. The Morgan fingerprint density at radius 2 is 2.21 bits per heavy atom. The van der Waals surface area contributed by atoms with Gasteiger partial charge in [0.15, 0.2) is 5.13 Å². The van der Waals surface area contributed by atoms with Gasteiger partial charge >= 0.3 is 0 Å². The Balaban J connectivity index is 1.73. The molecule has 19 heavy (non-hydrogen) atoms.